The number of pyridine rings is 1. The number of aromatic nitrogens is 1. The van der Waals surface area contributed by atoms with Crippen LogP contribution in [0.15, 0.2) is 35.2 Å². The van der Waals surface area contributed by atoms with Gasteiger partial charge in [0.25, 0.3) is 0 Å². The first-order valence-corrected chi connectivity index (χ1v) is 6.48. The summed E-state index contributed by atoms with van der Waals surface area (Å²) in [5.74, 6) is -0.250. The van der Waals surface area contributed by atoms with Crippen molar-refractivity contribution >= 4 is 17.1 Å². The van der Waals surface area contributed by atoms with Crippen molar-refractivity contribution in [1.82, 2.24) is 4.98 Å². The van der Waals surface area contributed by atoms with Gasteiger partial charge >= 0.3 is 6.18 Å². The summed E-state index contributed by atoms with van der Waals surface area (Å²) >= 11 is 1.54. The Morgan fingerprint density at radius 2 is 2.05 bits per heavy atom. The van der Waals surface area contributed by atoms with E-state index in [1.165, 1.54) is 11.3 Å². The number of carbonyl (C=O) groups excluding carboxylic acids is 1. The minimum atomic E-state index is -4.43. The van der Waals surface area contributed by atoms with Crippen LogP contribution in [-0.2, 0) is 12.6 Å². The van der Waals surface area contributed by atoms with Crippen LogP contribution in [0.5, 0.6) is 0 Å². The summed E-state index contributed by atoms with van der Waals surface area (Å²) in [6.45, 7) is 0. The predicted molar refractivity (Wildman–Crippen MR) is 66.2 cm³/mol. The van der Waals surface area contributed by atoms with E-state index in [4.69, 9.17) is 0 Å². The van der Waals surface area contributed by atoms with Crippen LogP contribution in [0.3, 0.4) is 0 Å². The third kappa shape index (κ3) is 3.64. The maximum atomic E-state index is 12.3. The minimum Gasteiger partial charge on any atom is -0.292 e. The zero-order valence-corrected chi connectivity index (χ0v) is 10.6. The molecule has 0 atom stereocenters. The highest BCUT2D eigenvalue weighted by molar-refractivity contribution is 7.07. The summed E-state index contributed by atoms with van der Waals surface area (Å²) < 4.78 is 37.0. The fourth-order valence-electron chi connectivity index (χ4n) is 1.55. The van der Waals surface area contributed by atoms with Gasteiger partial charge in [-0.2, -0.15) is 24.5 Å². The SMILES string of the molecule is O=C(CCc1ccsc1)c1ccc(C(F)(F)F)cn1. The van der Waals surface area contributed by atoms with E-state index in [0.29, 0.717) is 12.6 Å². The van der Waals surface area contributed by atoms with Gasteiger partial charge < -0.3 is 0 Å². The molecule has 0 fully saturated rings. The van der Waals surface area contributed by atoms with Gasteiger partial charge in [-0.05, 0) is 40.9 Å². The zero-order chi connectivity index (χ0) is 13.9. The number of carbonyl (C=O) groups is 1. The molecule has 0 spiro atoms. The Balaban J connectivity index is 2.00. The van der Waals surface area contributed by atoms with Crippen LogP contribution in [0.25, 0.3) is 0 Å². The molecule has 6 heteroatoms. The average molecular weight is 285 g/mol. The molecule has 19 heavy (non-hydrogen) atoms. The largest absolute Gasteiger partial charge is 0.417 e. The van der Waals surface area contributed by atoms with Gasteiger partial charge in [-0.1, -0.05) is 0 Å². The number of nitrogens with zero attached hydrogens (tertiary/aromatic N) is 1. The number of aryl methyl sites for hydroxylation is 1. The summed E-state index contributed by atoms with van der Waals surface area (Å²) in [5.41, 5.74) is 0.273. The third-order valence-electron chi connectivity index (χ3n) is 2.60. The van der Waals surface area contributed by atoms with Crippen LogP contribution in [0.2, 0.25) is 0 Å². The van der Waals surface area contributed by atoms with Gasteiger partial charge in [0.05, 0.1) is 5.56 Å². The molecule has 2 aromatic rings. The molecule has 0 bridgehead atoms. The first-order valence-electron chi connectivity index (χ1n) is 5.54. The summed E-state index contributed by atoms with van der Waals surface area (Å²) in [6.07, 6.45) is -2.91. The predicted octanol–water partition coefficient (Wildman–Crippen LogP) is 3.98. The Labute approximate surface area is 111 Å². The quantitative estimate of drug-likeness (QED) is 0.795. The van der Waals surface area contributed by atoms with E-state index in [9.17, 15) is 18.0 Å². The lowest BCUT2D eigenvalue weighted by Crippen LogP contribution is -2.08. The average Bonchev–Trinajstić information content (AvgIpc) is 2.88. The maximum Gasteiger partial charge on any atom is 0.417 e. The lowest BCUT2D eigenvalue weighted by atomic mass is 10.1. The number of rotatable bonds is 4. The first-order chi connectivity index (χ1) is 8.97. The van der Waals surface area contributed by atoms with Crippen LogP contribution in [0.1, 0.15) is 28.0 Å². The molecule has 0 saturated carbocycles. The van der Waals surface area contributed by atoms with Crippen LogP contribution in [-0.4, -0.2) is 10.8 Å². The van der Waals surface area contributed by atoms with E-state index in [0.717, 1.165) is 17.7 Å². The monoisotopic (exact) mass is 285 g/mol. The van der Waals surface area contributed by atoms with Crippen molar-refractivity contribution in [1.29, 1.82) is 0 Å². The second kappa shape index (κ2) is 5.52. The topological polar surface area (TPSA) is 30.0 Å². The molecular formula is C13H10F3NOS. The fraction of sp³-hybridized carbons (Fsp3) is 0.231. The van der Waals surface area contributed by atoms with E-state index in [2.05, 4.69) is 4.98 Å². The lowest BCUT2D eigenvalue weighted by Gasteiger charge is -2.06. The molecule has 2 aromatic heterocycles. The normalized spacial score (nSPS) is 11.5. The molecule has 0 N–H and O–H groups in total. The van der Waals surface area contributed by atoms with Crippen molar-refractivity contribution in [2.45, 2.75) is 19.0 Å². The van der Waals surface area contributed by atoms with Crippen LogP contribution in [0.4, 0.5) is 13.2 Å². The number of thiophene rings is 1. The van der Waals surface area contributed by atoms with Gasteiger partial charge in [0.1, 0.15) is 5.69 Å². The molecule has 2 heterocycles. The summed E-state index contributed by atoms with van der Waals surface area (Å²) in [5, 5.41) is 3.85. The van der Waals surface area contributed by atoms with E-state index in [1.54, 1.807) is 0 Å². The molecule has 0 aliphatic heterocycles. The van der Waals surface area contributed by atoms with E-state index in [1.807, 2.05) is 16.8 Å². The second-order valence-corrected chi connectivity index (χ2v) is 4.76. The van der Waals surface area contributed by atoms with Crippen molar-refractivity contribution in [2.75, 3.05) is 0 Å². The summed E-state index contributed by atoms with van der Waals surface area (Å²) in [7, 11) is 0. The van der Waals surface area contributed by atoms with E-state index < -0.39 is 11.7 Å². The summed E-state index contributed by atoms with van der Waals surface area (Å²) in [4.78, 5) is 15.3. The van der Waals surface area contributed by atoms with Gasteiger partial charge in [-0.3, -0.25) is 9.78 Å². The molecule has 0 radical (unpaired) electrons. The van der Waals surface area contributed by atoms with Crippen molar-refractivity contribution in [3.05, 3.63) is 52.0 Å². The van der Waals surface area contributed by atoms with Crippen LogP contribution < -0.4 is 0 Å². The van der Waals surface area contributed by atoms with Gasteiger partial charge in [0.15, 0.2) is 5.78 Å². The smallest absolute Gasteiger partial charge is 0.292 e. The summed E-state index contributed by atoms with van der Waals surface area (Å²) in [6, 6.07) is 3.92. The molecule has 100 valence electrons. The molecule has 0 aromatic carbocycles. The lowest BCUT2D eigenvalue weighted by molar-refractivity contribution is -0.137. The standard InChI is InChI=1S/C13H10F3NOS/c14-13(15,16)10-2-3-11(17-7-10)12(18)4-1-9-5-6-19-8-9/h2-3,5-8H,1,4H2. The third-order valence-corrected chi connectivity index (χ3v) is 3.33. The molecular weight excluding hydrogens is 275 g/mol. The minimum absolute atomic E-state index is 0.0724. The first kappa shape index (κ1) is 13.7. The molecule has 0 amide bonds. The van der Waals surface area contributed by atoms with E-state index >= 15 is 0 Å². The number of Topliss-reactive ketones (excluding diaryl/α,β-unsaturated/α-hetero) is 1. The van der Waals surface area contributed by atoms with Gasteiger partial charge in [-0.25, -0.2) is 0 Å². The molecule has 2 rings (SSSR count). The molecule has 0 aliphatic rings. The number of alkyl halides is 3. The second-order valence-electron chi connectivity index (χ2n) is 3.98. The van der Waals surface area contributed by atoms with Crippen LogP contribution >= 0.6 is 11.3 Å². The Hall–Kier alpha value is -1.69. The highest BCUT2D eigenvalue weighted by Gasteiger charge is 2.30. The highest BCUT2D eigenvalue weighted by Crippen LogP contribution is 2.28. The van der Waals surface area contributed by atoms with Crippen molar-refractivity contribution in [3.8, 4) is 0 Å². The number of hydrogen-bond donors (Lipinski definition) is 0. The van der Waals surface area contributed by atoms with Crippen molar-refractivity contribution in [3.63, 3.8) is 0 Å². The maximum absolute atomic E-state index is 12.3. The number of ketones is 1. The molecule has 0 saturated heterocycles. The van der Waals surface area contributed by atoms with Gasteiger partial charge in [0, 0.05) is 12.6 Å². The van der Waals surface area contributed by atoms with Crippen LogP contribution in [0, 0.1) is 0 Å². The number of halogens is 3. The molecule has 0 aliphatic carbocycles. The van der Waals surface area contributed by atoms with E-state index in [-0.39, 0.29) is 17.9 Å². The Morgan fingerprint density at radius 1 is 1.26 bits per heavy atom. The number of hydrogen-bond acceptors (Lipinski definition) is 3. The molecule has 0 unspecified atom stereocenters. The Morgan fingerprint density at radius 3 is 2.58 bits per heavy atom. The zero-order valence-electron chi connectivity index (χ0n) is 9.78. The Kier molecular flexibility index (Phi) is 3.99. The molecule has 2 nitrogen and oxygen atoms in total. The Bertz CT molecular complexity index is 546. The highest BCUT2D eigenvalue weighted by atomic mass is 32.1. The van der Waals surface area contributed by atoms with Crippen molar-refractivity contribution in [2.24, 2.45) is 0 Å². The van der Waals surface area contributed by atoms with Gasteiger partial charge in [-0.15, -0.1) is 0 Å². The fourth-order valence-corrected chi connectivity index (χ4v) is 2.25. The van der Waals surface area contributed by atoms with Gasteiger partial charge in [0.2, 0.25) is 0 Å². The van der Waals surface area contributed by atoms with Crippen molar-refractivity contribution < 1.29 is 18.0 Å².